The van der Waals surface area contributed by atoms with Gasteiger partial charge >= 0.3 is 6.01 Å². The molecule has 2 N–H and O–H groups in total. The second-order valence-corrected chi connectivity index (χ2v) is 5.49. The summed E-state index contributed by atoms with van der Waals surface area (Å²) in [6.45, 7) is 6.98. The predicted octanol–water partition coefficient (Wildman–Crippen LogP) is 2.45. The van der Waals surface area contributed by atoms with E-state index in [0.29, 0.717) is 18.5 Å². The van der Waals surface area contributed by atoms with Crippen LogP contribution in [0.4, 0.5) is 0 Å². The van der Waals surface area contributed by atoms with Crippen molar-refractivity contribution in [1.82, 2.24) is 9.97 Å². The van der Waals surface area contributed by atoms with E-state index in [4.69, 9.17) is 10.5 Å². The standard InChI is InChI=1S/C14H23N3O/c1-9-4-5-13(6-10(9)2)18-14-16-11(3)7-12(8-15)17-14/h7,9-10,13H,4-6,8,15H2,1-3H3. The highest BCUT2D eigenvalue weighted by molar-refractivity contribution is 5.12. The average molecular weight is 249 g/mol. The summed E-state index contributed by atoms with van der Waals surface area (Å²) >= 11 is 0. The fraction of sp³-hybridized carbons (Fsp3) is 0.714. The van der Waals surface area contributed by atoms with Crippen LogP contribution in [0.2, 0.25) is 0 Å². The fourth-order valence-electron chi connectivity index (χ4n) is 2.52. The smallest absolute Gasteiger partial charge is 0.317 e. The van der Waals surface area contributed by atoms with Crippen molar-refractivity contribution < 1.29 is 4.74 Å². The molecule has 0 radical (unpaired) electrons. The highest BCUT2D eigenvalue weighted by Gasteiger charge is 2.26. The van der Waals surface area contributed by atoms with Crippen LogP contribution in [-0.2, 0) is 6.54 Å². The lowest BCUT2D eigenvalue weighted by Crippen LogP contribution is -2.29. The van der Waals surface area contributed by atoms with Gasteiger partial charge in [0, 0.05) is 12.2 Å². The van der Waals surface area contributed by atoms with Gasteiger partial charge in [-0.15, -0.1) is 0 Å². The number of nitrogens with zero attached hydrogens (tertiary/aromatic N) is 2. The normalized spacial score (nSPS) is 28.1. The first-order chi connectivity index (χ1) is 8.58. The van der Waals surface area contributed by atoms with Crippen LogP contribution in [0, 0.1) is 18.8 Å². The van der Waals surface area contributed by atoms with Crippen molar-refractivity contribution in [2.24, 2.45) is 17.6 Å². The van der Waals surface area contributed by atoms with E-state index in [-0.39, 0.29) is 6.10 Å². The fourth-order valence-corrected chi connectivity index (χ4v) is 2.52. The summed E-state index contributed by atoms with van der Waals surface area (Å²) in [7, 11) is 0. The van der Waals surface area contributed by atoms with Crippen LogP contribution in [0.25, 0.3) is 0 Å². The Balaban J connectivity index is 2.03. The van der Waals surface area contributed by atoms with Gasteiger partial charge in [0.15, 0.2) is 0 Å². The van der Waals surface area contributed by atoms with E-state index in [0.717, 1.165) is 30.1 Å². The van der Waals surface area contributed by atoms with E-state index in [9.17, 15) is 0 Å². The van der Waals surface area contributed by atoms with Crippen LogP contribution >= 0.6 is 0 Å². The first kappa shape index (κ1) is 13.3. The summed E-state index contributed by atoms with van der Waals surface area (Å²) < 4.78 is 5.92. The van der Waals surface area contributed by atoms with E-state index in [1.165, 1.54) is 6.42 Å². The van der Waals surface area contributed by atoms with E-state index >= 15 is 0 Å². The Morgan fingerprint density at radius 3 is 2.72 bits per heavy atom. The molecule has 2 rings (SSSR count). The Kier molecular flexibility index (Phi) is 4.17. The zero-order valence-electron chi connectivity index (χ0n) is 11.5. The average Bonchev–Trinajstić information content (AvgIpc) is 2.33. The molecule has 0 aromatic carbocycles. The molecule has 3 atom stereocenters. The first-order valence-electron chi connectivity index (χ1n) is 6.79. The van der Waals surface area contributed by atoms with Gasteiger partial charge in [-0.3, -0.25) is 0 Å². The summed E-state index contributed by atoms with van der Waals surface area (Å²) in [4.78, 5) is 8.66. The highest BCUT2D eigenvalue weighted by Crippen LogP contribution is 2.31. The van der Waals surface area contributed by atoms with E-state index in [1.807, 2.05) is 13.0 Å². The minimum atomic E-state index is 0.253. The molecule has 1 aromatic rings. The van der Waals surface area contributed by atoms with Gasteiger partial charge in [0.1, 0.15) is 6.10 Å². The molecule has 1 heterocycles. The number of nitrogens with two attached hydrogens (primary N) is 1. The van der Waals surface area contributed by atoms with Crippen LogP contribution < -0.4 is 10.5 Å². The molecule has 0 amide bonds. The molecule has 1 aliphatic rings. The maximum absolute atomic E-state index is 5.92. The van der Waals surface area contributed by atoms with E-state index in [1.54, 1.807) is 0 Å². The topological polar surface area (TPSA) is 61.0 Å². The van der Waals surface area contributed by atoms with Gasteiger partial charge < -0.3 is 10.5 Å². The number of aryl methyl sites for hydroxylation is 1. The largest absolute Gasteiger partial charge is 0.460 e. The van der Waals surface area contributed by atoms with Gasteiger partial charge in [0.25, 0.3) is 0 Å². The molecule has 1 aliphatic carbocycles. The molecule has 0 aliphatic heterocycles. The zero-order chi connectivity index (χ0) is 13.1. The van der Waals surface area contributed by atoms with Crippen molar-refractivity contribution in [3.05, 3.63) is 17.5 Å². The molecule has 1 saturated carbocycles. The number of hydrogen-bond donors (Lipinski definition) is 1. The minimum Gasteiger partial charge on any atom is -0.460 e. The lowest BCUT2D eigenvalue weighted by atomic mass is 9.80. The SMILES string of the molecule is Cc1cc(CN)nc(OC2CCC(C)C(C)C2)n1. The van der Waals surface area contributed by atoms with Gasteiger partial charge in [-0.25, -0.2) is 4.98 Å². The second-order valence-electron chi connectivity index (χ2n) is 5.49. The number of aromatic nitrogens is 2. The molecule has 4 heteroatoms. The maximum atomic E-state index is 5.92. The van der Waals surface area contributed by atoms with E-state index < -0.39 is 0 Å². The Morgan fingerprint density at radius 1 is 1.28 bits per heavy atom. The number of rotatable bonds is 3. The van der Waals surface area contributed by atoms with Crippen LogP contribution in [-0.4, -0.2) is 16.1 Å². The summed E-state index contributed by atoms with van der Waals surface area (Å²) in [6, 6.07) is 2.39. The minimum absolute atomic E-state index is 0.253. The molecule has 100 valence electrons. The Bertz CT molecular complexity index is 408. The molecule has 0 bridgehead atoms. The zero-order valence-corrected chi connectivity index (χ0v) is 11.5. The molecular weight excluding hydrogens is 226 g/mol. The monoisotopic (exact) mass is 249 g/mol. The molecular formula is C14H23N3O. The highest BCUT2D eigenvalue weighted by atomic mass is 16.5. The van der Waals surface area contributed by atoms with Crippen molar-refractivity contribution in [2.45, 2.75) is 52.7 Å². The lowest BCUT2D eigenvalue weighted by Gasteiger charge is -2.31. The molecule has 3 unspecified atom stereocenters. The van der Waals surface area contributed by atoms with Crippen molar-refractivity contribution >= 4 is 0 Å². The van der Waals surface area contributed by atoms with Crippen molar-refractivity contribution in [3.63, 3.8) is 0 Å². The third kappa shape index (κ3) is 3.19. The quantitative estimate of drug-likeness (QED) is 0.893. The maximum Gasteiger partial charge on any atom is 0.317 e. The Labute approximate surface area is 109 Å². The van der Waals surface area contributed by atoms with Gasteiger partial charge in [-0.05, 0) is 44.1 Å². The van der Waals surface area contributed by atoms with Crippen molar-refractivity contribution in [1.29, 1.82) is 0 Å². The molecule has 4 nitrogen and oxygen atoms in total. The molecule has 1 fully saturated rings. The third-order valence-electron chi connectivity index (χ3n) is 3.92. The van der Waals surface area contributed by atoms with E-state index in [2.05, 4.69) is 23.8 Å². The lowest BCUT2D eigenvalue weighted by molar-refractivity contribution is 0.0915. The molecule has 0 saturated heterocycles. The predicted molar refractivity (Wildman–Crippen MR) is 71.3 cm³/mol. The van der Waals surface area contributed by atoms with Gasteiger partial charge in [-0.2, -0.15) is 4.98 Å². The first-order valence-corrected chi connectivity index (χ1v) is 6.79. The van der Waals surface area contributed by atoms with Crippen LogP contribution in [0.15, 0.2) is 6.07 Å². The number of hydrogen-bond acceptors (Lipinski definition) is 4. The molecule has 0 spiro atoms. The molecule has 1 aromatic heterocycles. The van der Waals surface area contributed by atoms with Crippen LogP contribution in [0.1, 0.15) is 44.5 Å². The van der Waals surface area contributed by atoms with Crippen molar-refractivity contribution in [2.75, 3.05) is 0 Å². The summed E-state index contributed by atoms with van der Waals surface area (Å²) in [5.74, 6) is 1.51. The number of ether oxygens (including phenoxy) is 1. The summed E-state index contributed by atoms with van der Waals surface area (Å²) in [5.41, 5.74) is 7.37. The van der Waals surface area contributed by atoms with Crippen LogP contribution in [0.3, 0.4) is 0 Å². The summed E-state index contributed by atoms with van der Waals surface area (Å²) in [5, 5.41) is 0. The third-order valence-corrected chi connectivity index (χ3v) is 3.92. The second kappa shape index (κ2) is 5.65. The van der Waals surface area contributed by atoms with Gasteiger partial charge in [-0.1, -0.05) is 13.8 Å². The Morgan fingerprint density at radius 2 is 2.06 bits per heavy atom. The van der Waals surface area contributed by atoms with Gasteiger partial charge in [0.05, 0.1) is 5.69 Å². The molecule has 18 heavy (non-hydrogen) atoms. The summed E-state index contributed by atoms with van der Waals surface area (Å²) in [6.07, 6.45) is 3.67. The van der Waals surface area contributed by atoms with Gasteiger partial charge in [0.2, 0.25) is 0 Å². The Hall–Kier alpha value is -1.16. The van der Waals surface area contributed by atoms with Crippen LogP contribution in [0.5, 0.6) is 6.01 Å². The van der Waals surface area contributed by atoms with Crippen molar-refractivity contribution in [3.8, 4) is 6.01 Å².